The lowest BCUT2D eigenvalue weighted by Crippen LogP contribution is -2.36. The summed E-state index contributed by atoms with van der Waals surface area (Å²) in [6.07, 6.45) is 0. The van der Waals surface area contributed by atoms with E-state index >= 15 is 0 Å². The Morgan fingerprint density at radius 3 is 2.36 bits per heavy atom. The molecule has 0 saturated carbocycles. The molecule has 25 heavy (non-hydrogen) atoms. The fourth-order valence-corrected chi connectivity index (χ4v) is 3.31. The Hall–Kier alpha value is -2.05. The molecule has 1 unspecified atom stereocenters. The molecule has 0 spiro atoms. The van der Waals surface area contributed by atoms with Gasteiger partial charge in [-0.05, 0) is 49.2 Å². The number of carbonyl (C=O) groups excluding carboxylic acids is 1. The Bertz CT molecular complexity index is 866. The Labute approximate surface area is 153 Å². The van der Waals surface area contributed by atoms with Gasteiger partial charge in [-0.1, -0.05) is 37.6 Å². The zero-order chi connectivity index (χ0) is 18.6. The summed E-state index contributed by atoms with van der Waals surface area (Å²) >= 11 is 5.87. The van der Waals surface area contributed by atoms with Crippen LogP contribution in [0.3, 0.4) is 0 Å². The van der Waals surface area contributed by atoms with Gasteiger partial charge in [0.25, 0.3) is 15.9 Å². The molecule has 7 heteroatoms. The maximum Gasteiger partial charge on any atom is 0.261 e. The van der Waals surface area contributed by atoms with Crippen molar-refractivity contribution >= 4 is 33.2 Å². The smallest absolute Gasteiger partial charge is 0.261 e. The van der Waals surface area contributed by atoms with E-state index in [-0.39, 0.29) is 22.8 Å². The molecule has 2 aromatic carbocycles. The van der Waals surface area contributed by atoms with Crippen molar-refractivity contribution in [1.82, 2.24) is 5.32 Å². The molecule has 1 atom stereocenters. The number of sulfonamides is 1. The van der Waals surface area contributed by atoms with Gasteiger partial charge in [-0.3, -0.25) is 9.52 Å². The second-order valence-electron chi connectivity index (χ2n) is 6.15. The Morgan fingerprint density at radius 1 is 1.04 bits per heavy atom. The van der Waals surface area contributed by atoms with Crippen LogP contribution in [0.25, 0.3) is 0 Å². The van der Waals surface area contributed by atoms with E-state index in [1.165, 1.54) is 18.2 Å². The van der Waals surface area contributed by atoms with Crippen LogP contribution in [0.15, 0.2) is 53.4 Å². The number of benzene rings is 2. The molecule has 2 aromatic rings. The number of nitrogens with one attached hydrogen (secondary N) is 2. The largest absolute Gasteiger partial charge is 0.349 e. The molecule has 0 aliphatic carbocycles. The number of carbonyl (C=O) groups is 1. The summed E-state index contributed by atoms with van der Waals surface area (Å²) in [7, 11) is -3.82. The lowest BCUT2D eigenvalue weighted by atomic mass is 10.1. The fourth-order valence-electron chi connectivity index (χ4n) is 2.03. The third-order valence-electron chi connectivity index (χ3n) is 3.84. The van der Waals surface area contributed by atoms with Crippen LogP contribution in [-0.2, 0) is 10.0 Å². The quantitative estimate of drug-likeness (QED) is 0.797. The first-order valence-corrected chi connectivity index (χ1v) is 9.74. The van der Waals surface area contributed by atoms with Crippen molar-refractivity contribution in [3.05, 3.63) is 59.1 Å². The number of rotatable bonds is 6. The van der Waals surface area contributed by atoms with Gasteiger partial charge >= 0.3 is 0 Å². The lowest BCUT2D eigenvalue weighted by molar-refractivity contribution is 0.0930. The Balaban J connectivity index is 2.23. The normalized spacial score (nSPS) is 12.7. The van der Waals surface area contributed by atoms with Gasteiger partial charge < -0.3 is 5.32 Å². The second-order valence-corrected chi connectivity index (χ2v) is 8.27. The van der Waals surface area contributed by atoms with Crippen LogP contribution in [0, 0.1) is 5.92 Å². The summed E-state index contributed by atoms with van der Waals surface area (Å²) < 4.78 is 27.5. The highest BCUT2D eigenvalue weighted by Gasteiger charge is 2.18. The minimum atomic E-state index is -3.82. The van der Waals surface area contributed by atoms with Crippen molar-refractivity contribution in [3.8, 4) is 0 Å². The van der Waals surface area contributed by atoms with Crippen LogP contribution >= 0.6 is 11.6 Å². The molecule has 0 aliphatic heterocycles. The summed E-state index contributed by atoms with van der Waals surface area (Å²) in [5.41, 5.74) is 0.650. The molecule has 2 rings (SSSR count). The van der Waals surface area contributed by atoms with Gasteiger partial charge in [0.15, 0.2) is 0 Å². The van der Waals surface area contributed by atoms with E-state index in [0.29, 0.717) is 16.3 Å². The molecule has 5 nitrogen and oxygen atoms in total. The van der Waals surface area contributed by atoms with Gasteiger partial charge in [0.05, 0.1) is 10.6 Å². The topological polar surface area (TPSA) is 75.3 Å². The van der Waals surface area contributed by atoms with E-state index in [2.05, 4.69) is 10.0 Å². The minimum Gasteiger partial charge on any atom is -0.349 e. The number of amides is 1. The first-order chi connectivity index (χ1) is 11.7. The van der Waals surface area contributed by atoms with Crippen molar-refractivity contribution in [2.24, 2.45) is 5.92 Å². The third-order valence-corrected chi connectivity index (χ3v) is 5.46. The standard InChI is InChI=1S/C18H21ClN2O3S/c1-12(2)13(3)20-18(22)14-6-4-9-17(10-14)25(23,24)21-16-8-5-7-15(19)11-16/h4-13,21H,1-3H3,(H,20,22). The molecule has 134 valence electrons. The summed E-state index contributed by atoms with van der Waals surface area (Å²) in [6, 6.07) is 12.3. The maximum atomic E-state index is 12.5. The van der Waals surface area contributed by atoms with Crippen molar-refractivity contribution < 1.29 is 13.2 Å². The number of anilines is 1. The zero-order valence-electron chi connectivity index (χ0n) is 14.3. The Morgan fingerprint density at radius 2 is 1.72 bits per heavy atom. The van der Waals surface area contributed by atoms with Crippen molar-refractivity contribution in [3.63, 3.8) is 0 Å². The van der Waals surface area contributed by atoms with Crippen molar-refractivity contribution in [2.75, 3.05) is 4.72 Å². The fraction of sp³-hybridized carbons (Fsp3) is 0.278. The van der Waals surface area contributed by atoms with Crippen LogP contribution in [0.5, 0.6) is 0 Å². The number of hydrogen-bond acceptors (Lipinski definition) is 3. The summed E-state index contributed by atoms with van der Waals surface area (Å²) in [4.78, 5) is 12.3. The zero-order valence-corrected chi connectivity index (χ0v) is 15.9. The van der Waals surface area contributed by atoms with Crippen LogP contribution in [0.1, 0.15) is 31.1 Å². The highest BCUT2D eigenvalue weighted by molar-refractivity contribution is 7.92. The van der Waals surface area contributed by atoms with E-state index in [0.717, 1.165) is 0 Å². The molecule has 0 bridgehead atoms. The monoisotopic (exact) mass is 380 g/mol. The second kappa shape index (κ2) is 7.89. The molecular weight excluding hydrogens is 360 g/mol. The summed E-state index contributed by atoms with van der Waals surface area (Å²) in [5.74, 6) is -0.0265. The number of hydrogen-bond donors (Lipinski definition) is 2. The SMILES string of the molecule is CC(C)C(C)NC(=O)c1cccc(S(=O)(=O)Nc2cccc(Cl)c2)c1. The van der Waals surface area contributed by atoms with E-state index in [1.54, 1.807) is 30.3 Å². The average Bonchev–Trinajstić information content (AvgIpc) is 2.54. The lowest BCUT2D eigenvalue weighted by Gasteiger charge is -2.17. The van der Waals surface area contributed by atoms with Crippen molar-refractivity contribution in [2.45, 2.75) is 31.7 Å². The predicted molar refractivity (Wildman–Crippen MR) is 100 cm³/mol. The Kier molecular flexibility index (Phi) is 6.08. The first kappa shape index (κ1) is 19.3. The highest BCUT2D eigenvalue weighted by Crippen LogP contribution is 2.20. The van der Waals surface area contributed by atoms with Crippen LogP contribution < -0.4 is 10.0 Å². The molecule has 0 saturated heterocycles. The van der Waals surface area contributed by atoms with Crippen LogP contribution in [0.4, 0.5) is 5.69 Å². The van der Waals surface area contributed by atoms with E-state index in [1.807, 2.05) is 20.8 Å². The minimum absolute atomic E-state index is 0.0114. The summed E-state index contributed by atoms with van der Waals surface area (Å²) in [6.45, 7) is 5.91. The van der Waals surface area contributed by atoms with Gasteiger partial charge in [-0.25, -0.2) is 8.42 Å². The van der Waals surface area contributed by atoms with Gasteiger partial charge in [0.2, 0.25) is 0 Å². The van der Waals surface area contributed by atoms with E-state index in [4.69, 9.17) is 11.6 Å². The molecular formula is C18H21ClN2O3S. The molecule has 0 fully saturated rings. The highest BCUT2D eigenvalue weighted by atomic mass is 35.5. The van der Waals surface area contributed by atoms with Gasteiger partial charge in [-0.15, -0.1) is 0 Å². The van der Waals surface area contributed by atoms with Crippen molar-refractivity contribution in [1.29, 1.82) is 0 Å². The van der Waals surface area contributed by atoms with E-state index < -0.39 is 10.0 Å². The molecule has 0 heterocycles. The van der Waals surface area contributed by atoms with Crippen LogP contribution in [-0.4, -0.2) is 20.4 Å². The average molecular weight is 381 g/mol. The third kappa shape index (κ3) is 5.21. The van der Waals surface area contributed by atoms with Crippen LogP contribution in [0.2, 0.25) is 5.02 Å². The molecule has 0 aromatic heterocycles. The molecule has 2 N–H and O–H groups in total. The van der Waals surface area contributed by atoms with E-state index in [9.17, 15) is 13.2 Å². The summed E-state index contributed by atoms with van der Waals surface area (Å²) in [5, 5.41) is 3.29. The van der Waals surface area contributed by atoms with Gasteiger partial charge in [0.1, 0.15) is 0 Å². The van der Waals surface area contributed by atoms with Gasteiger partial charge in [-0.2, -0.15) is 0 Å². The molecule has 1 amide bonds. The first-order valence-electron chi connectivity index (χ1n) is 7.88. The number of halogens is 1. The van der Waals surface area contributed by atoms with Gasteiger partial charge in [0, 0.05) is 16.6 Å². The predicted octanol–water partition coefficient (Wildman–Crippen LogP) is 3.92. The maximum absolute atomic E-state index is 12.5. The molecule has 0 radical (unpaired) electrons. The molecule has 0 aliphatic rings.